The molecule has 0 spiro atoms. The van der Waals surface area contributed by atoms with E-state index >= 15 is 0 Å². The normalized spacial score (nSPS) is 10.8. The lowest BCUT2D eigenvalue weighted by atomic mass is 10.1. The fourth-order valence-electron chi connectivity index (χ4n) is 2.02. The summed E-state index contributed by atoms with van der Waals surface area (Å²) in [5.41, 5.74) is 7.65. The largest absolute Gasteiger partial charge is 0.444 e. The number of nitrogens with zero attached hydrogens (tertiary/aromatic N) is 2. The molecule has 0 unspecified atom stereocenters. The van der Waals surface area contributed by atoms with Crippen molar-refractivity contribution in [2.24, 2.45) is 0 Å². The summed E-state index contributed by atoms with van der Waals surface area (Å²) in [4.78, 5) is 8.26. The van der Waals surface area contributed by atoms with E-state index in [0.717, 1.165) is 27.9 Å². The molecular formula is C14H14N4O. The first-order valence-corrected chi connectivity index (χ1v) is 6.01. The Balaban J connectivity index is 1.91. The van der Waals surface area contributed by atoms with Crippen LogP contribution < -0.4 is 11.1 Å². The third kappa shape index (κ3) is 2.22. The molecule has 5 heteroatoms. The van der Waals surface area contributed by atoms with Crippen molar-refractivity contribution in [3.63, 3.8) is 0 Å². The van der Waals surface area contributed by atoms with Crippen LogP contribution in [0.2, 0.25) is 0 Å². The van der Waals surface area contributed by atoms with E-state index in [2.05, 4.69) is 15.3 Å². The van der Waals surface area contributed by atoms with Crippen molar-refractivity contribution in [3.05, 3.63) is 48.4 Å². The molecule has 3 N–H and O–H groups in total. The molecule has 5 nitrogen and oxygen atoms in total. The van der Waals surface area contributed by atoms with E-state index < -0.39 is 0 Å². The number of nitrogens with two attached hydrogens (primary N) is 1. The van der Waals surface area contributed by atoms with Gasteiger partial charge in [-0.3, -0.25) is 4.98 Å². The highest BCUT2D eigenvalue weighted by Crippen LogP contribution is 2.27. The first-order chi connectivity index (χ1) is 9.24. The lowest BCUT2D eigenvalue weighted by molar-refractivity contribution is 0.479. The van der Waals surface area contributed by atoms with Gasteiger partial charge in [0.2, 0.25) is 5.89 Å². The summed E-state index contributed by atoms with van der Waals surface area (Å²) in [7, 11) is 0. The van der Waals surface area contributed by atoms with Crippen LogP contribution in [0.1, 0.15) is 11.7 Å². The van der Waals surface area contributed by atoms with Crippen molar-refractivity contribution in [1.29, 1.82) is 0 Å². The molecule has 0 radical (unpaired) electrons. The summed E-state index contributed by atoms with van der Waals surface area (Å²) in [6.07, 6.45) is 5.23. The number of fused-ring (bicyclic) bond motifs is 1. The van der Waals surface area contributed by atoms with Gasteiger partial charge in [-0.15, -0.1) is 0 Å². The van der Waals surface area contributed by atoms with Crippen LogP contribution in [0.3, 0.4) is 0 Å². The van der Waals surface area contributed by atoms with E-state index in [4.69, 9.17) is 10.2 Å². The van der Waals surface area contributed by atoms with Crippen LogP contribution in [0.15, 0.2) is 41.2 Å². The zero-order valence-electron chi connectivity index (χ0n) is 10.6. The third-order valence-electron chi connectivity index (χ3n) is 2.95. The Hall–Kier alpha value is -2.56. The number of hydrogen-bond donors (Lipinski definition) is 2. The molecular weight excluding hydrogens is 240 g/mol. The van der Waals surface area contributed by atoms with Gasteiger partial charge in [-0.1, -0.05) is 0 Å². The maximum Gasteiger partial charge on any atom is 0.213 e. The highest BCUT2D eigenvalue weighted by Gasteiger charge is 2.05. The lowest BCUT2D eigenvalue weighted by Crippen LogP contribution is -2.01. The third-order valence-corrected chi connectivity index (χ3v) is 2.95. The van der Waals surface area contributed by atoms with Crippen molar-refractivity contribution in [2.75, 3.05) is 11.1 Å². The van der Waals surface area contributed by atoms with Crippen LogP contribution in [0.25, 0.3) is 10.8 Å². The number of aromatic nitrogens is 2. The van der Waals surface area contributed by atoms with Gasteiger partial charge < -0.3 is 15.5 Å². The molecule has 3 rings (SSSR count). The molecule has 0 aliphatic heterocycles. The molecule has 1 aromatic carbocycles. The quantitative estimate of drug-likeness (QED) is 0.703. The van der Waals surface area contributed by atoms with Crippen LogP contribution in [0, 0.1) is 6.92 Å². The number of aryl methyl sites for hydroxylation is 1. The van der Waals surface area contributed by atoms with Gasteiger partial charge in [-0.05, 0) is 25.1 Å². The number of nitrogen functional groups attached to an aromatic ring is 1. The number of benzene rings is 1. The van der Waals surface area contributed by atoms with Crippen molar-refractivity contribution < 1.29 is 4.42 Å². The van der Waals surface area contributed by atoms with Gasteiger partial charge in [0.1, 0.15) is 5.76 Å². The second-order valence-electron chi connectivity index (χ2n) is 4.34. The molecule has 19 heavy (non-hydrogen) atoms. The van der Waals surface area contributed by atoms with Gasteiger partial charge in [0.15, 0.2) is 0 Å². The average Bonchev–Trinajstić information content (AvgIpc) is 2.84. The van der Waals surface area contributed by atoms with Crippen molar-refractivity contribution in [2.45, 2.75) is 13.5 Å². The van der Waals surface area contributed by atoms with Gasteiger partial charge in [-0.2, -0.15) is 0 Å². The summed E-state index contributed by atoms with van der Waals surface area (Å²) in [6.45, 7) is 2.41. The molecule has 0 fully saturated rings. The number of oxazole rings is 1. The Morgan fingerprint density at radius 2 is 2.11 bits per heavy atom. The number of pyridine rings is 1. The van der Waals surface area contributed by atoms with Gasteiger partial charge in [0, 0.05) is 34.5 Å². The van der Waals surface area contributed by atoms with E-state index in [-0.39, 0.29) is 0 Å². The second-order valence-corrected chi connectivity index (χ2v) is 4.34. The predicted molar refractivity (Wildman–Crippen MR) is 74.7 cm³/mol. The second kappa shape index (κ2) is 4.61. The fourth-order valence-corrected chi connectivity index (χ4v) is 2.02. The highest BCUT2D eigenvalue weighted by molar-refractivity contribution is 6.00. The van der Waals surface area contributed by atoms with Crippen LogP contribution >= 0.6 is 0 Å². The van der Waals surface area contributed by atoms with E-state index in [9.17, 15) is 0 Å². The van der Waals surface area contributed by atoms with Crippen LogP contribution in [-0.4, -0.2) is 9.97 Å². The van der Waals surface area contributed by atoms with Crippen LogP contribution in [0.4, 0.5) is 11.4 Å². The highest BCUT2D eigenvalue weighted by atomic mass is 16.4. The molecule has 3 aromatic rings. The number of anilines is 2. The monoisotopic (exact) mass is 254 g/mol. The smallest absolute Gasteiger partial charge is 0.213 e. The van der Waals surface area contributed by atoms with Crippen molar-refractivity contribution in [3.8, 4) is 0 Å². The Labute approximate surface area is 110 Å². The Kier molecular flexibility index (Phi) is 2.79. The van der Waals surface area contributed by atoms with Crippen molar-refractivity contribution >= 4 is 22.1 Å². The standard InChI is InChI=1S/C14H14N4O/c1-9-6-18-14(19-9)8-17-13-3-2-12(15)11-7-16-5-4-10(11)13/h2-7,17H,8,15H2,1H3. The molecule has 0 saturated heterocycles. The molecule has 0 amide bonds. The van der Waals surface area contributed by atoms with Gasteiger partial charge in [0.25, 0.3) is 0 Å². The average molecular weight is 254 g/mol. The van der Waals surface area contributed by atoms with E-state index in [1.54, 1.807) is 18.6 Å². The first kappa shape index (κ1) is 11.5. The van der Waals surface area contributed by atoms with Crippen LogP contribution in [0.5, 0.6) is 0 Å². The molecule has 2 heterocycles. The van der Waals surface area contributed by atoms with E-state index in [0.29, 0.717) is 12.4 Å². The number of rotatable bonds is 3. The Morgan fingerprint density at radius 1 is 1.21 bits per heavy atom. The molecule has 2 aromatic heterocycles. The Morgan fingerprint density at radius 3 is 2.89 bits per heavy atom. The minimum Gasteiger partial charge on any atom is -0.444 e. The maximum atomic E-state index is 5.94. The molecule has 0 bridgehead atoms. The van der Waals surface area contributed by atoms with E-state index in [1.165, 1.54) is 0 Å². The topological polar surface area (TPSA) is 77.0 Å². The molecule has 96 valence electrons. The lowest BCUT2D eigenvalue weighted by Gasteiger charge is -2.09. The molecule has 0 aliphatic rings. The van der Waals surface area contributed by atoms with Gasteiger partial charge in [0.05, 0.1) is 12.7 Å². The minimum atomic E-state index is 0.537. The number of hydrogen-bond acceptors (Lipinski definition) is 5. The summed E-state index contributed by atoms with van der Waals surface area (Å²) in [6, 6.07) is 5.76. The first-order valence-electron chi connectivity index (χ1n) is 6.01. The summed E-state index contributed by atoms with van der Waals surface area (Å²) < 4.78 is 5.43. The SMILES string of the molecule is Cc1cnc(CNc2ccc(N)c3cnccc23)o1. The van der Waals surface area contributed by atoms with Crippen molar-refractivity contribution in [1.82, 2.24) is 9.97 Å². The molecule has 0 aliphatic carbocycles. The summed E-state index contributed by atoms with van der Waals surface area (Å²) in [5.74, 6) is 1.47. The van der Waals surface area contributed by atoms with Gasteiger partial charge >= 0.3 is 0 Å². The van der Waals surface area contributed by atoms with Gasteiger partial charge in [-0.25, -0.2) is 4.98 Å². The van der Waals surface area contributed by atoms with Crippen LogP contribution in [-0.2, 0) is 6.54 Å². The fraction of sp³-hybridized carbons (Fsp3) is 0.143. The number of nitrogens with one attached hydrogen (secondary N) is 1. The van der Waals surface area contributed by atoms with E-state index in [1.807, 2.05) is 25.1 Å². The summed E-state index contributed by atoms with van der Waals surface area (Å²) in [5, 5.41) is 5.29. The summed E-state index contributed by atoms with van der Waals surface area (Å²) >= 11 is 0. The Bertz CT molecular complexity index is 720. The zero-order valence-corrected chi connectivity index (χ0v) is 10.6. The predicted octanol–water partition coefficient (Wildman–Crippen LogP) is 2.73. The molecule has 0 atom stereocenters. The maximum absolute atomic E-state index is 5.94. The zero-order chi connectivity index (χ0) is 13.2. The minimum absolute atomic E-state index is 0.537. The molecule has 0 saturated carbocycles.